The highest BCUT2D eigenvalue weighted by atomic mass is 32.2. The van der Waals surface area contributed by atoms with E-state index in [0.29, 0.717) is 0 Å². The second kappa shape index (κ2) is 6.39. The summed E-state index contributed by atoms with van der Waals surface area (Å²) in [7, 11) is 0.241. The Morgan fingerprint density at radius 2 is 1.63 bits per heavy atom. The first-order chi connectivity index (χ1) is 8.84. The van der Waals surface area contributed by atoms with Crippen LogP contribution in [-0.2, 0) is 9.84 Å². The lowest BCUT2D eigenvalue weighted by atomic mass is 10.0. The molecule has 4 nitrogen and oxygen atoms in total. The summed E-state index contributed by atoms with van der Waals surface area (Å²) in [4.78, 5) is 0. The predicted molar refractivity (Wildman–Crippen MR) is 78.3 cm³/mol. The highest BCUT2D eigenvalue weighted by Gasteiger charge is 2.31. The van der Waals surface area contributed by atoms with E-state index in [0.717, 1.165) is 11.3 Å². The number of nitrogens with one attached hydrogen (secondary N) is 1. The lowest BCUT2D eigenvalue weighted by molar-refractivity contribution is 0.414. The molecule has 0 bridgehead atoms. The minimum atomic E-state index is -3.15. The maximum Gasteiger partial charge on any atom is 0.157 e. The number of hydrogen-bond acceptors (Lipinski definition) is 4. The lowest BCUT2D eigenvalue weighted by Gasteiger charge is -2.25. The van der Waals surface area contributed by atoms with Crippen LogP contribution in [-0.4, -0.2) is 33.1 Å². The van der Waals surface area contributed by atoms with Crippen LogP contribution in [0.15, 0.2) is 24.3 Å². The number of rotatable bonds is 6. The van der Waals surface area contributed by atoms with Gasteiger partial charge in [-0.1, -0.05) is 12.1 Å². The molecule has 0 aromatic heterocycles. The van der Waals surface area contributed by atoms with Gasteiger partial charge >= 0.3 is 0 Å². The molecule has 0 saturated heterocycles. The smallest absolute Gasteiger partial charge is 0.157 e. The Morgan fingerprint density at radius 3 is 2.00 bits per heavy atom. The first-order valence-electron chi connectivity index (χ1n) is 6.38. The largest absolute Gasteiger partial charge is 0.497 e. The van der Waals surface area contributed by atoms with Crippen molar-refractivity contribution < 1.29 is 13.2 Å². The van der Waals surface area contributed by atoms with E-state index >= 15 is 0 Å². The number of benzene rings is 1. The van der Waals surface area contributed by atoms with Gasteiger partial charge in [0.05, 0.1) is 17.6 Å². The fourth-order valence-electron chi connectivity index (χ4n) is 2.10. The van der Waals surface area contributed by atoms with E-state index in [4.69, 9.17) is 4.74 Å². The Morgan fingerprint density at radius 1 is 1.11 bits per heavy atom. The van der Waals surface area contributed by atoms with Crippen molar-refractivity contribution in [1.29, 1.82) is 0 Å². The first kappa shape index (κ1) is 16.0. The van der Waals surface area contributed by atoms with Crippen molar-refractivity contribution in [3.05, 3.63) is 29.8 Å². The quantitative estimate of drug-likeness (QED) is 0.870. The van der Waals surface area contributed by atoms with Gasteiger partial charge in [0.25, 0.3) is 0 Å². The molecule has 1 N–H and O–H groups in total. The topological polar surface area (TPSA) is 55.4 Å². The van der Waals surface area contributed by atoms with Crippen LogP contribution >= 0.6 is 0 Å². The van der Waals surface area contributed by atoms with E-state index in [1.807, 2.05) is 24.3 Å². The van der Waals surface area contributed by atoms with Crippen molar-refractivity contribution in [2.45, 2.75) is 37.3 Å². The van der Waals surface area contributed by atoms with Gasteiger partial charge in [-0.2, -0.15) is 0 Å². The van der Waals surface area contributed by atoms with Crippen LogP contribution in [0, 0.1) is 0 Å². The van der Waals surface area contributed by atoms with E-state index in [9.17, 15) is 8.42 Å². The second-order valence-electron chi connectivity index (χ2n) is 4.88. The van der Waals surface area contributed by atoms with Gasteiger partial charge in [-0.3, -0.25) is 0 Å². The van der Waals surface area contributed by atoms with Gasteiger partial charge in [0.15, 0.2) is 9.84 Å². The summed E-state index contributed by atoms with van der Waals surface area (Å²) in [6, 6.07) is 7.25. The molecule has 0 radical (unpaired) electrons. The van der Waals surface area contributed by atoms with Crippen LogP contribution in [0.2, 0.25) is 0 Å². The molecule has 108 valence electrons. The Hall–Kier alpha value is -1.07. The third-order valence-corrected chi connectivity index (χ3v) is 6.05. The van der Waals surface area contributed by atoms with Crippen molar-refractivity contribution in [2.24, 2.45) is 0 Å². The standard InChI is InChI=1S/C14H23NO3S/c1-10(2)19(16,17)11(3)14(15-4)12-6-8-13(18-5)9-7-12/h6-11,14-15H,1-5H3. The summed E-state index contributed by atoms with van der Waals surface area (Å²) in [5.74, 6) is 0.762. The maximum absolute atomic E-state index is 12.3. The fraction of sp³-hybridized carbons (Fsp3) is 0.571. The minimum Gasteiger partial charge on any atom is -0.497 e. The number of hydrogen-bond donors (Lipinski definition) is 1. The van der Waals surface area contributed by atoms with Crippen LogP contribution in [0.1, 0.15) is 32.4 Å². The zero-order valence-electron chi connectivity index (χ0n) is 12.2. The summed E-state index contributed by atoms with van der Waals surface area (Å²) < 4.78 is 29.6. The van der Waals surface area contributed by atoms with Crippen molar-refractivity contribution >= 4 is 9.84 Å². The highest BCUT2D eigenvalue weighted by molar-refractivity contribution is 7.92. The molecule has 0 amide bonds. The lowest BCUT2D eigenvalue weighted by Crippen LogP contribution is -2.37. The average molecular weight is 285 g/mol. The highest BCUT2D eigenvalue weighted by Crippen LogP contribution is 2.25. The van der Waals surface area contributed by atoms with Crippen LogP contribution < -0.4 is 10.1 Å². The van der Waals surface area contributed by atoms with E-state index in [1.165, 1.54) is 0 Å². The van der Waals surface area contributed by atoms with Gasteiger partial charge in [0, 0.05) is 6.04 Å². The Bertz CT molecular complexity index is 494. The van der Waals surface area contributed by atoms with E-state index in [2.05, 4.69) is 5.32 Å². The fourth-order valence-corrected chi connectivity index (χ4v) is 3.63. The van der Waals surface area contributed by atoms with Gasteiger partial charge in [0.1, 0.15) is 5.75 Å². The summed E-state index contributed by atoms with van der Waals surface area (Å²) >= 11 is 0. The van der Waals surface area contributed by atoms with Crippen molar-refractivity contribution in [3.8, 4) is 5.75 Å². The van der Waals surface area contributed by atoms with Gasteiger partial charge in [-0.25, -0.2) is 8.42 Å². The molecule has 0 aliphatic rings. The summed E-state index contributed by atoms with van der Waals surface area (Å²) in [5.41, 5.74) is 0.944. The van der Waals surface area contributed by atoms with Crippen molar-refractivity contribution in [2.75, 3.05) is 14.2 Å². The predicted octanol–water partition coefficient (Wildman–Crippen LogP) is 2.17. The Labute approximate surface area is 116 Å². The zero-order chi connectivity index (χ0) is 14.6. The molecule has 0 heterocycles. The molecular formula is C14H23NO3S. The molecule has 19 heavy (non-hydrogen) atoms. The van der Waals surface area contributed by atoms with Crippen LogP contribution in [0.3, 0.4) is 0 Å². The van der Waals surface area contributed by atoms with Crippen molar-refractivity contribution in [3.63, 3.8) is 0 Å². The number of sulfone groups is 1. The molecule has 0 saturated carbocycles. The zero-order valence-corrected chi connectivity index (χ0v) is 13.0. The third kappa shape index (κ3) is 3.48. The molecule has 2 atom stereocenters. The van der Waals surface area contributed by atoms with Crippen LogP contribution in [0.25, 0.3) is 0 Å². The number of methoxy groups -OCH3 is 1. The van der Waals surface area contributed by atoms with Gasteiger partial charge in [-0.05, 0) is 45.5 Å². The van der Waals surface area contributed by atoms with Crippen molar-refractivity contribution in [1.82, 2.24) is 5.32 Å². The average Bonchev–Trinajstić information content (AvgIpc) is 2.40. The normalized spacial score (nSPS) is 15.3. The van der Waals surface area contributed by atoms with Crippen LogP contribution in [0.4, 0.5) is 0 Å². The van der Waals surface area contributed by atoms with Gasteiger partial charge in [0.2, 0.25) is 0 Å². The molecule has 0 aliphatic heterocycles. The summed E-state index contributed by atoms with van der Waals surface area (Å²) in [6.45, 7) is 5.18. The second-order valence-corrected chi connectivity index (χ2v) is 7.75. The maximum atomic E-state index is 12.3. The molecule has 0 spiro atoms. The van der Waals surface area contributed by atoms with E-state index in [1.54, 1.807) is 34.9 Å². The number of ether oxygens (including phenoxy) is 1. The third-order valence-electron chi connectivity index (χ3n) is 3.43. The molecule has 5 heteroatoms. The molecule has 1 aromatic rings. The van der Waals surface area contributed by atoms with Gasteiger partial charge in [-0.15, -0.1) is 0 Å². The monoisotopic (exact) mass is 285 g/mol. The van der Waals surface area contributed by atoms with Gasteiger partial charge < -0.3 is 10.1 Å². The van der Waals surface area contributed by atoms with Crippen LogP contribution in [0.5, 0.6) is 5.75 Å². The Balaban J connectivity index is 3.06. The first-order valence-corrected chi connectivity index (χ1v) is 7.99. The molecule has 0 aliphatic carbocycles. The van der Waals surface area contributed by atoms with E-state index < -0.39 is 15.1 Å². The Kier molecular flexibility index (Phi) is 5.38. The van der Waals surface area contributed by atoms with E-state index in [-0.39, 0.29) is 11.3 Å². The molecular weight excluding hydrogens is 262 g/mol. The molecule has 1 rings (SSSR count). The molecule has 2 unspecified atom stereocenters. The summed E-state index contributed by atoms with van der Waals surface area (Å²) in [6.07, 6.45) is 0. The summed E-state index contributed by atoms with van der Waals surface area (Å²) in [5, 5.41) is 2.24. The SMILES string of the molecule is CNC(c1ccc(OC)cc1)C(C)S(=O)(=O)C(C)C. The molecule has 0 fully saturated rings. The minimum absolute atomic E-state index is 0.224. The molecule has 1 aromatic carbocycles.